The van der Waals surface area contributed by atoms with Gasteiger partial charge in [0.2, 0.25) is 11.8 Å². The molecule has 2 aromatic heterocycles. The molecule has 1 N–H and O–H groups in total. The van der Waals surface area contributed by atoms with Crippen molar-refractivity contribution in [1.82, 2.24) is 19.5 Å². The first-order chi connectivity index (χ1) is 11.4. The Bertz CT molecular complexity index is 894. The van der Waals surface area contributed by atoms with E-state index in [0.717, 1.165) is 24.6 Å². The third kappa shape index (κ3) is 2.68. The number of imidazole rings is 1. The fraction of sp³-hybridized carbons (Fsp3) is 0.312. The average molecular weight is 333 g/mol. The fourth-order valence-electron chi connectivity index (χ4n) is 2.46. The van der Waals surface area contributed by atoms with Gasteiger partial charge in [0.1, 0.15) is 5.52 Å². The Hall–Kier alpha value is -2.64. The SMILES string of the molecule is Cc1ccc(-n2c(NC3CC3)nc3cnc(C(F)(F)F)nc32)cc1. The Morgan fingerprint density at radius 1 is 1.12 bits per heavy atom. The Balaban J connectivity index is 1.92. The van der Waals surface area contributed by atoms with Gasteiger partial charge >= 0.3 is 6.18 Å². The summed E-state index contributed by atoms with van der Waals surface area (Å²) >= 11 is 0. The van der Waals surface area contributed by atoms with E-state index in [9.17, 15) is 13.2 Å². The number of aromatic nitrogens is 4. The summed E-state index contributed by atoms with van der Waals surface area (Å²) in [7, 11) is 0. The van der Waals surface area contributed by atoms with Gasteiger partial charge in [0.25, 0.3) is 0 Å². The van der Waals surface area contributed by atoms with Crippen LogP contribution in [-0.4, -0.2) is 25.6 Å². The highest BCUT2D eigenvalue weighted by atomic mass is 19.4. The molecule has 0 atom stereocenters. The van der Waals surface area contributed by atoms with Crippen LogP contribution in [0.5, 0.6) is 0 Å². The van der Waals surface area contributed by atoms with E-state index in [2.05, 4.69) is 20.3 Å². The predicted octanol–water partition coefficient (Wildman–Crippen LogP) is 3.72. The quantitative estimate of drug-likeness (QED) is 0.794. The van der Waals surface area contributed by atoms with Crippen molar-refractivity contribution < 1.29 is 13.2 Å². The van der Waals surface area contributed by atoms with Crippen molar-refractivity contribution in [3.63, 3.8) is 0 Å². The fourth-order valence-corrected chi connectivity index (χ4v) is 2.46. The van der Waals surface area contributed by atoms with Crippen LogP contribution in [0.25, 0.3) is 16.9 Å². The Morgan fingerprint density at radius 2 is 1.83 bits per heavy atom. The minimum absolute atomic E-state index is 0.143. The summed E-state index contributed by atoms with van der Waals surface area (Å²) in [4.78, 5) is 11.5. The zero-order chi connectivity index (χ0) is 16.9. The molecule has 2 heterocycles. The van der Waals surface area contributed by atoms with E-state index in [1.165, 1.54) is 0 Å². The summed E-state index contributed by atoms with van der Waals surface area (Å²) in [5.74, 6) is -0.675. The lowest BCUT2D eigenvalue weighted by atomic mass is 10.2. The van der Waals surface area contributed by atoms with Gasteiger partial charge in [-0.2, -0.15) is 13.2 Å². The standard InChI is InChI=1S/C16H14F3N5/c1-9-2-6-11(7-3-9)24-13-12(22-15(24)21-10-4-5-10)8-20-14(23-13)16(17,18)19/h2-3,6-8,10H,4-5H2,1H3,(H,21,22). The Kier molecular flexibility index (Phi) is 3.22. The first kappa shape index (κ1) is 14.9. The Labute approximate surface area is 135 Å². The zero-order valence-corrected chi connectivity index (χ0v) is 12.8. The number of nitrogens with zero attached hydrogens (tertiary/aromatic N) is 4. The van der Waals surface area contributed by atoms with Crippen molar-refractivity contribution in [2.45, 2.75) is 32.0 Å². The smallest absolute Gasteiger partial charge is 0.353 e. The summed E-state index contributed by atoms with van der Waals surface area (Å²) in [6, 6.07) is 7.77. The molecule has 124 valence electrons. The molecule has 0 aliphatic heterocycles. The molecule has 1 saturated carbocycles. The van der Waals surface area contributed by atoms with Crippen molar-refractivity contribution >= 4 is 17.1 Å². The van der Waals surface area contributed by atoms with E-state index in [4.69, 9.17) is 0 Å². The molecule has 1 fully saturated rings. The molecule has 0 radical (unpaired) electrons. The molecule has 0 bridgehead atoms. The monoisotopic (exact) mass is 333 g/mol. The van der Waals surface area contributed by atoms with Crippen molar-refractivity contribution in [1.29, 1.82) is 0 Å². The molecule has 1 aromatic carbocycles. The number of alkyl halides is 3. The van der Waals surface area contributed by atoms with Gasteiger partial charge in [-0.25, -0.2) is 15.0 Å². The van der Waals surface area contributed by atoms with Gasteiger partial charge in [-0.3, -0.25) is 4.57 Å². The van der Waals surface area contributed by atoms with Gasteiger partial charge in [-0.15, -0.1) is 0 Å². The number of anilines is 1. The number of hydrogen-bond donors (Lipinski definition) is 1. The predicted molar refractivity (Wildman–Crippen MR) is 83.0 cm³/mol. The molecule has 8 heteroatoms. The van der Waals surface area contributed by atoms with Crippen molar-refractivity contribution in [2.75, 3.05) is 5.32 Å². The third-order valence-electron chi connectivity index (χ3n) is 3.86. The molecular weight excluding hydrogens is 319 g/mol. The van der Waals surface area contributed by atoms with Gasteiger partial charge in [-0.1, -0.05) is 17.7 Å². The van der Waals surface area contributed by atoms with Crippen molar-refractivity contribution in [3.05, 3.63) is 41.9 Å². The number of aryl methyl sites for hydroxylation is 1. The van der Waals surface area contributed by atoms with Crippen LogP contribution in [0.4, 0.5) is 19.1 Å². The molecule has 0 unspecified atom stereocenters. The van der Waals surface area contributed by atoms with Crippen LogP contribution >= 0.6 is 0 Å². The summed E-state index contributed by atoms with van der Waals surface area (Å²) in [5, 5.41) is 3.25. The van der Waals surface area contributed by atoms with Crippen LogP contribution in [0.2, 0.25) is 0 Å². The van der Waals surface area contributed by atoms with Crippen molar-refractivity contribution in [3.8, 4) is 5.69 Å². The molecule has 24 heavy (non-hydrogen) atoms. The van der Waals surface area contributed by atoms with Crippen LogP contribution in [0.1, 0.15) is 24.2 Å². The number of rotatable bonds is 3. The summed E-state index contributed by atoms with van der Waals surface area (Å²) in [6.07, 6.45) is -1.43. The lowest BCUT2D eigenvalue weighted by Crippen LogP contribution is -2.12. The molecular formula is C16H14F3N5. The van der Waals surface area contributed by atoms with Crippen LogP contribution in [-0.2, 0) is 6.18 Å². The van der Waals surface area contributed by atoms with Gasteiger partial charge in [0.05, 0.1) is 11.9 Å². The number of benzene rings is 1. The second-order valence-electron chi connectivity index (χ2n) is 5.93. The topological polar surface area (TPSA) is 55.6 Å². The van der Waals surface area contributed by atoms with E-state index in [1.54, 1.807) is 4.57 Å². The lowest BCUT2D eigenvalue weighted by Gasteiger charge is -2.11. The second-order valence-corrected chi connectivity index (χ2v) is 5.93. The maximum absolute atomic E-state index is 13.0. The van der Waals surface area contributed by atoms with Gasteiger partial charge in [-0.05, 0) is 31.9 Å². The highest BCUT2D eigenvalue weighted by Crippen LogP contribution is 2.31. The molecule has 0 amide bonds. The highest BCUT2D eigenvalue weighted by Gasteiger charge is 2.35. The van der Waals surface area contributed by atoms with E-state index in [-0.39, 0.29) is 5.65 Å². The summed E-state index contributed by atoms with van der Waals surface area (Å²) < 4.78 is 40.5. The van der Waals surface area contributed by atoms with E-state index < -0.39 is 12.0 Å². The molecule has 1 aliphatic rings. The lowest BCUT2D eigenvalue weighted by molar-refractivity contribution is -0.144. The maximum atomic E-state index is 13.0. The largest absolute Gasteiger partial charge is 0.451 e. The Morgan fingerprint density at radius 3 is 2.46 bits per heavy atom. The number of fused-ring (bicyclic) bond motifs is 1. The van der Waals surface area contributed by atoms with E-state index >= 15 is 0 Å². The summed E-state index contributed by atoms with van der Waals surface area (Å²) in [6.45, 7) is 1.95. The maximum Gasteiger partial charge on any atom is 0.451 e. The van der Waals surface area contributed by atoms with Crippen LogP contribution in [0, 0.1) is 6.92 Å². The minimum Gasteiger partial charge on any atom is -0.353 e. The number of halogens is 3. The number of hydrogen-bond acceptors (Lipinski definition) is 4. The first-order valence-electron chi connectivity index (χ1n) is 7.58. The zero-order valence-electron chi connectivity index (χ0n) is 12.8. The van der Waals surface area contributed by atoms with Gasteiger partial charge < -0.3 is 5.32 Å². The van der Waals surface area contributed by atoms with E-state index in [0.29, 0.717) is 23.2 Å². The van der Waals surface area contributed by atoms with E-state index in [1.807, 2.05) is 31.2 Å². The van der Waals surface area contributed by atoms with Crippen molar-refractivity contribution in [2.24, 2.45) is 0 Å². The highest BCUT2D eigenvalue weighted by molar-refractivity contribution is 5.77. The number of nitrogens with one attached hydrogen (secondary N) is 1. The molecule has 0 saturated heterocycles. The molecule has 4 rings (SSSR count). The van der Waals surface area contributed by atoms with Crippen LogP contribution in [0.15, 0.2) is 30.5 Å². The first-order valence-corrected chi connectivity index (χ1v) is 7.58. The van der Waals surface area contributed by atoms with Crippen LogP contribution in [0.3, 0.4) is 0 Å². The third-order valence-corrected chi connectivity index (χ3v) is 3.86. The molecule has 3 aromatic rings. The second kappa shape index (κ2) is 5.19. The van der Waals surface area contributed by atoms with Gasteiger partial charge in [0, 0.05) is 6.04 Å². The average Bonchev–Trinajstić information content (AvgIpc) is 3.26. The summed E-state index contributed by atoms with van der Waals surface area (Å²) in [5.41, 5.74) is 2.24. The minimum atomic E-state index is -4.60. The normalized spacial score (nSPS) is 15.0. The molecule has 5 nitrogen and oxygen atoms in total. The van der Waals surface area contributed by atoms with Crippen LogP contribution < -0.4 is 5.32 Å². The van der Waals surface area contributed by atoms with Gasteiger partial charge in [0.15, 0.2) is 5.65 Å². The molecule has 1 aliphatic carbocycles. The molecule has 0 spiro atoms.